The van der Waals surface area contributed by atoms with Gasteiger partial charge in [0.2, 0.25) is 5.91 Å². The number of anilines is 1. The number of carbonyl (C=O) groups excluding carboxylic acids is 1. The van der Waals surface area contributed by atoms with Crippen molar-refractivity contribution in [2.45, 2.75) is 34.1 Å². The normalized spacial score (nSPS) is 11.1. The van der Waals surface area contributed by atoms with Crippen molar-refractivity contribution in [1.29, 1.82) is 0 Å². The van der Waals surface area contributed by atoms with Crippen molar-refractivity contribution in [3.05, 3.63) is 35.9 Å². The molecule has 1 aromatic carbocycles. The lowest BCUT2D eigenvalue weighted by Gasteiger charge is -2.18. The van der Waals surface area contributed by atoms with Gasteiger partial charge < -0.3 is 10.4 Å². The number of allylic oxidation sites excluding steroid dienone is 1. The van der Waals surface area contributed by atoms with Gasteiger partial charge in [0.05, 0.1) is 0 Å². The van der Waals surface area contributed by atoms with E-state index >= 15 is 0 Å². The van der Waals surface area contributed by atoms with E-state index in [1.165, 1.54) is 0 Å². The predicted octanol–water partition coefficient (Wildman–Crippen LogP) is 3.50. The highest BCUT2D eigenvalue weighted by molar-refractivity contribution is 5.94. The molecular formula is C15H21NO2. The smallest absolute Gasteiger partial charge is 0.229 e. The highest BCUT2D eigenvalue weighted by Crippen LogP contribution is 2.25. The fourth-order valence-electron chi connectivity index (χ4n) is 1.43. The van der Waals surface area contributed by atoms with Crippen molar-refractivity contribution in [3.63, 3.8) is 0 Å². The second kappa shape index (κ2) is 5.25. The van der Waals surface area contributed by atoms with Crippen molar-refractivity contribution < 1.29 is 9.90 Å². The van der Waals surface area contributed by atoms with Crippen LogP contribution in [-0.4, -0.2) is 11.0 Å². The molecule has 0 saturated carbocycles. The third-order valence-electron chi connectivity index (χ3n) is 2.52. The van der Waals surface area contributed by atoms with Gasteiger partial charge in [-0.15, -0.1) is 0 Å². The van der Waals surface area contributed by atoms with E-state index in [-0.39, 0.29) is 11.7 Å². The van der Waals surface area contributed by atoms with E-state index in [0.717, 1.165) is 11.1 Å². The molecule has 0 radical (unpaired) electrons. The maximum atomic E-state index is 11.8. The first kappa shape index (κ1) is 14.3. The highest BCUT2D eigenvalue weighted by atomic mass is 16.3. The predicted molar refractivity (Wildman–Crippen MR) is 74.7 cm³/mol. The average molecular weight is 247 g/mol. The Kier molecular flexibility index (Phi) is 4.17. The minimum atomic E-state index is -0.452. The van der Waals surface area contributed by atoms with Crippen LogP contribution < -0.4 is 5.32 Å². The molecule has 1 aromatic rings. The number of rotatable bonds is 3. The first-order valence-electron chi connectivity index (χ1n) is 5.98. The zero-order chi connectivity index (χ0) is 13.9. The zero-order valence-electron chi connectivity index (χ0n) is 11.5. The molecule has 0 heterocycles. The number of phenolic OH excluding ortho intramolecular Hbond substituents is 1. The molecular weight excluding hydrogens is 226 g/mol. The Hall–Kier alpha value is -1.77. The topological polar surface area (TPSA) is 49.3 Å². The fraction of sp³-hybridized carbons (Fsp3) is 0.400. The molecule has 2 N–H and O–H groups in total. The van der Waals surface area contributed by atoms with Crippen molar-refractivity contribution in [2.24, 2.45) is 5.41 Å². The largest absolute Gasteiger partial charge is 0.508 e. The Bertz CT molecular complexity index is 470. The van der Waals surface area contributed by atoms with Crippen LogP contribution in [0.5, 0.6) is 5.75 Å². The van der Waals surface area contributed by atoms with Gasteiger partial charge in [-0.3, -0.25) is 4.79 Å². The number of amides is 1. The molecule has 3 nitrogen and oxygen atoms in total. The lowest BCUT2D eigenvalue weighted by atomic mass is 9.95. The maximum absolute atomic E-state index is 11.8. The molecule has 1 amide bonds. The zero-order valence-corrected chi connectivity index (χ0v) is 11.5. The summed E-state index contributed by atoms with van der Waals surface area (Å²) >= 11 is 0. The molecule has 0 aliphatic heterocycles. The van der Waals surface area contributed by atoms with Crippen LogP contribution in [0.25, 0.3) is 0 Å². The molecule has 0 atom stereocenters. The minimum Gasteiger partial charge on any atom is -0.508 e. The molecule has 0 spiro atoms. The SMILES string of the molecule is C=C(C)Cc1ccc(NC(=O)C(C)(C)C)cc1O. The van der Waals surface area contributed by atoms with Gasteiger partial charge in [0.15, 0.2) is 0 Å². The third kappa shape index (κ3) is 3.91. The number of aromatic hydroxyl groups is 1. The molecule has 18 heavy (non-hydrogen) atoms. The van der Waals surface area contributed by atoms with Gasteiger partial charge in [-0.1, -0.05) is 39.0 Å². The number of phenols is 1. The first-order valence-corrected chi connectivity index (χ1v) is 5.98. The van der Waals surface area contributed by atoms with E-state index < -0.39 is 5.41 Å². The maximum Gasteiger partial charge on any atom is 0.229 e. The Morgan fingerprint density at radius 3 is 2.44 bits per heavy atom. The van der Waals surface area contributed by atoms with E-state index in [2.05, 4.69) is 11.9 Å². The van der Waals surface area contributed by atoms with Crippen molar-refractivity contribution in [2.75, 3.05) is 5.32 Å². The molecule has 1 rings (SSSR count). The second-order valence-corrected chi connectivity index (χ2v) is 5.68. The second-order valence-electron chi connectivity index (χ2n) is 5.68. The van der Waals surface area contributed by atoms with Crippen LogP contribution in [-0.2, 0) is 11.2 Å². The summed E-state index contributed by atoms with van der Waals surface area (Å²) in [6, 6.07) is 5.17. The monoisotopic (exact) mass is 247 g/mol. The van der Waals surface area contributed by atoms with Crippen LogP contribution in [0.4, 0.5) is 5.69 Å². The van der Waals surface area contributed by atoms with Gasteiger partial charge in [-0.2, -0.15) is 0 Å². The van der Waals surface area contributed by atoms with Crippen LogP contribution in [0, 0.1) is 5.41 Å². The average Bonchev–Trinajstić information content (AvgIpc) is 2.20. The van der Waals surface area contributed by atoms with Crippen LogP contribution in [0.1, 0.15) is 33.3 Å². The lowest BCUT2D eigenvalue weighted by Crippen LogP contribution is -2.27. The van der Waals surface area contributed by atoms with Crippen LogP contribution in [0.2, 0.25) is 0 Å². The Morgan fingerprint density at radius 1 is 1.39 bits per heavy atom. The van der Waals surface area contributed by atoms with Crippen LogP contribution in [0.3, 0.4) is 0 Å². The van der Waals surface area contributed by atoms with Crippen molar-refractivity contribution in [1.82, 2.24) is 0 Å². The summed E-state index contributed by atoms with van der Waals surface area (Å²) in [4.78, 5) is 11.8. The molecule has 0 unspecified atom stereocenters. The summed E-state index contributed by atoms with van der Waals surface area (Å²) in [7, 11) is 0. The molecule has 0 saturated heterocycles. The highest BCUT2D eigenvalue weighted by Gasteiger charge is 2.21. The summed E-state index contributed by atoms with van der Waals surface area (Å²) < 4.78 is 0. The van der Waals surface area contributed by atoms with E-state index in [4.69, 9.17) is 0 Å². The number of carbonyl (C=O) groups is 1. The van der Waals surface area contributed by atoms with Gasteiger partial charge in [0, 0.05) is 17.2 Å². The molecule has 0 aromatic heterocycles. The van der Waals surface area contributed by atoms with Gasteiger partial charge in [0.1, 0.15) is 5.75 Å². The summed E-state index contributed by atoms with van der Waals surface area (Å²) in [5.41, 5.74) is 1.96. The quantitative estimate of drug-likeness (QED) is 0.803. The van der Waals surface area contributed by atoms with Crippen LogP contribution >= 0.6 is 0 Å². The lowest BCUT2D eigenvalue weighted by molar-refractivity contribution is -0.123. The standard InChI is InChI=1S/C15H21NO2/c1-10(2)8-11-6-7-12(9-13(11)17)16-14(18)15(3,4)5/h6-7,9,17H,1,8H2,2-5H3,(H,16,18). The number of nitrogens with one attached hydrogen (secondary N) is 1. The molecule has 0 aliphatic rings. The van der Waals surface area contributed by atoms with Gasteiger partial charge in [-0.25, -0.2) is 0 Å². The van der Waals surface area contributed by atoms with E-state index in [1.54, 1.807) is 12.1 Å². The van der Waals surface area contributed by atoms with Crippen LogP contribution in [0.15, 0.2) is 30.4 Å². The summed E-state index contributed by atoms with van der Waals surface area (Å²) in [5, 5.41) is 12.6. The molecule has 3 heteroatoms. The summed E-state index contributed by atoms with van der Waals surface area (Å²) in [6.45, 7) is 11.3. The molecule has 0 aliphatic carbocycles. The van der Waals surface area contributed by atoms with Crippen molar-refractivity contribution in [3.8, 4) is 5.75 Å². The molecule has 0 bridgehead atoms. The number of benzene rings is 1. The minimum absolute atomic E-state index is 0.0745. The fourth-order valence-corrected chi connectivity index (χ4v) is 1.43. The van der Waals surface area contributed by atoms with Crippen molar-refractivity contribution >= 4 is 11.6 Å². The Labute approximate surface area is 109 Å². The first-order chi connectivity index (χ1) is 8.20. The van der Waals surface area contributed by atoms with E-state index in [9.17, 15) is 9.90 Å². The van der Waals surface area contributed by atoms with Gasteiger partial charge in [-0.05, 0) is 25.0 Å². The van der Waals surface area contributed by atoms with E-state index in [0.29, 0.717) is 12.1 Å². The van der Waals surface area contributed by atoms with Gasteiger partial charge in [0.25, 0.3) is 0 Å². The summed E-state index contributed by atoms with van der Waals surface area (Å²) in [6.07, 6.45) is 0.638. The molecule has 98 valence electrons. The third-order valence-corrected chi connectivity index (χ3v) is 2.52. The van der Waals surface area contributed by atoms with E-state index in [1.807, 2.05) is 33.8 Å². The Balaban J connectivity index is 2.85. The number of hydrogen-bond acceptors (Lipinski definition) is 2. The summed E-state index contributed by atoms with van der Waals surface area (Å²) in [5.74, 6) is 0.110. The van der Waals surface area contributed by atoms with Gasteiger partial charge >= 0.3 is 0 Å². The molecule has 0 fully saturated rings. The number of hydrogen-bond donors (Lipinski definition) is 2. The Morgan fingerprint density at radius 2 is 2.00 bits per heavy atom.